The van der Waals surface area contributed by atoms with Crippen molar-refractivity contribution in [2.24, 2.45) is 22.4 Å². The molecule has 1 heterocycles. The summed E-state index contributed by atoms with van der Waals surface area (Å²) in [4.78, 5) is 60.9. The highest BCUT2D eigenvalue weighted by atomic mass is 32.1. The predicted octanol–water partition coefficient (Wildman–Crippen LogP) is 1.76. The highest BCUT2D eigenvalue weighted by Gasteiger charge is 2.32. The van der Waals surface area contributed by atoms with Crippen LogP contribution in [0, 0.1) is 11.7 Å². The molecule has 4 amide bonds. The van der Waals surface area contributed by atoms with Gasteiger partial charge in [0.25, 0.3) is 0 Å². The summed E-state index contributed by atoms with van der Waals surface area (Å²) in [5.74, 6) is -2.28. The van der Waals surface area contributed by atoms with E-state index in [1.54, 1.807) is 31.4 Å². The number of hydrogen-bond donors (Lipinski definition) is 7. The van der Waals surface area contributed by atoms with Crippen LogP contribution in [0.3, 0.4) is 0 Å². The van der Waals surface area contributed by atoms with Crippen molar-refractivity contribution in [1.29, 1.82) is 0 Å². The molecule has 0 bridgehead atoms. The van der Waals surface area contributed by atoms with Gasteiger partial charge in [-0.15, -0.1) is 11.3 Å². The van der Waals surface area contributed by atoms with Crippen molar-refractivity contribution >= 4 is 40.9 Å². The monoisotopic (exact) mass is 653 g/mol. The minimum Gasteiger partial charge on any atom is -0.370 e. The van der Waals surface area contributed by atoms with Crippen molar-refractivity contribution in [3.63, 3.8) is 0 Å². The standard InChI is InChI=1S/C31H40FN9O4S/c1-19(2)25(28(44)38-23(9-6-14-36-30(33)34)26(42)29-35-15-16-46-29)39-27(43)24(17-20-7-4-3-5-8-20)40-41-31(45)37-18-21-10-12-22(32)13-11-21/h3-5,7-8,10-13,15-16,19,23-25,40H,6,9,14,17-18H2,1-2H3,(H,38,44)(H,39,43)(H4,33,34,36)(H2,37,41,45)/t23-,24-,25-/m0/s1. The van der Waals surface area contributed by atoms with Crippen LogP contribution in [0.2, 0.25) is 0 Å². The van der Waals surface area contributed by atoms with Crippen molar-refractivity contribution in [2.45, 2.75) is 57.8 Å². The van der Waals surface area contributed by atoms with Gasteiger partial charge in [-0.1, -0.05) is 56.3 Å². The van der Waals surface area contributed by atoms with Crippen LogP contribution in [-0.2, 0) is 22.6 Å². The molecule has 13 nitrogen and oxygen atoms in total. The number of ketones is 1. The summed E-state index contributed by atoms with van der Waals surface area (Å²) in [5, 5.41) is 10.1. The number of benzene rings is 2. The fourth-order valence-electron chi connectivity index (χ4n) is 4.36. The largest absolute Gasteiger partial charge is 0.370 e. The van der Waals surface area contributed by atoms with Gasteiger partial charge in [0.05, 0.1) is 6.04 Å². The maximum absolute atomic E-state index is 13.6. The summed E-state index contributed by atoms with van der Waals surface area (Å²) >= 11 is 1.16. The molecule has 0 saturated heterocycles. The number of nitrogens with one attached hydrogen (secondary N) is 5. The normalized spacial score (nSPS) is 12.8. The molecule has 0 saturated carbocycles. The SMILES string of the molecule is CC(C)[C@H](NC(=O)[C@H](Cc1ccccc1)NNC(=O)NCc1ccc(F)cc1)C(=O)N[C@@H](CCCN=C(N)N)C(=O)c1nccs1. The average Bonchev–Trinajstić information content (AvgIpc) is 3.58. The Bertz CT molecular complexity index is 1450. The number of amides is 4. The van der Waals surface area contributed by atoms with E-state index in [0.29, 0.717) is 12.0 Å². The number of thiazole rings is 1. The van der Waals surface area contributed by atoms with E-state index in [9.17, 15) is 23.6 Å². The first kappa shape index (κ1) is 35.6. The van der Waals surface area contributed by atoms with Crippen LogP contribution in [0.4, 0.5) is 9.18 Å². The van der Waals surface area contributed by atoms with Gasteiger partial charge in [0.2, 0.25) is 17.6 Å². The van der Waals surface area contributed by atoms with Gasteiger partial charge in [-0.2, -0.15) is 0 Å². The fraction of sp³-hybridized carbons (Fsp3) is 0.355. The molecule has 2 aromatic carbocycles. The van der Waals surface area contributed by atoms with Gasteiger partial charge in [-0.3, -0.25) is 24.8 Å². The average molecular weight is 654 g/mol. The molecular weight excluding hydrogens is 613 g/mol. The molecule has 0 aliphatic rings. The lowest BCUT2D eigenvalue weighted by molar-refractivity contribution is -0.131. The lowest BCUT2D eigenvalue weighted by Gasteiger charge is -2.27. The number of nitrogens with two attached hydrogens (primary N) is 2. The second kappa shape index (κ2) is 18.2. The maximum atomic E-state index is 13.6. The minimum atomic E-state index is -1.01. The first-order valence-electron chi connectivity index (χ1n) is 14.7. The Morgan fingerprint density at radius 1 is 0.935 bits per heavy atom. The van der Waals surface area contributed by atoms with Gasteiger partial charge >= 0.3 is 6.03 Å². The Labute approximate surface area is 270 Å². The molecular formula is C31H40FN9O4S. The van der Waals surface area contributed by atoms with Gasteiger partial charge < -0.3 is 27.4 Å². The topological polar surface area (TPSA) is 206 Å². The van der Waals surface area contributed by atoms with Gasteiger partial charge in [-0.05, 0) is 48.4 Å². The Kier molecular flexibility index (Phi) is 14.1. The number of guanidine groups is 1. The molecule has 246 valence electrons. The summed E-state index contributed by atoms with van der Waals surface area (Å²) in [5.41, 5.74) is 17.5. The zero-order chi connectivity index (χ0) is 33.5. The number of aliphatic imine (C=N–C) groups is 1. The van der Waals surface area contributed by atoms with E-state index in [4.69, 9.17) is 11.5 Å². The lowest BCUT2D eigenvalue weighted by atomic mass is 9.99. The van der Waals surface area contributed by atoms with E-state index in [-0.39, 0.29) is 54.4 Å². The fourth-order valence-corrected chi connectivity index (χ4v) is 4.99. The van der Waals surface area contributed by atoms with Crippen LogP contribution < -0.4 is 38.3 Å². The molecule has 0 spiro atoms. The zero-order valence-electron chi connectivity index (χ0n) is 25.7. The summed E-state index contributed by atoms with van der Waals surface area (Å²) in [7, 11) is 0. The Morgan fingerprint density at radius 3 is 2.28 bits per heavy atom. The number of nitrogens with zero attached hydrogens (tertiary/aromatic N) is 2. The summed E-state index contributed by atoms with van der Waals surface area (Å²) < 4.78 is 13.2. The van der Waals surface area contributed by atoms with Crippen LogP contribution in [0.5, 0.6) is 0 Å². The smallest absolute Gasteiger partial charge is 0.329 e. The first-order valence-corrected chi connectivity index (χ1v) is 15.6. The Morgan fingerprint density at radius 2 is 1.65 bits per heavy atom. The maximum Gasteiger partial charge on any atom is 0.329 e. The second-order valence-electron chi connectivity index (χ2n) is 10.8. The van der Waals surface area contributed by atoms with Crippen molar-refractivity contribution in [3.05, 3.63) is 88.1 Å². The van der Waals surface area contributed by atoms with Gasteiger partial charge in [-0.25, -0.2) is 19.6 Å². The number of halogens is 1. The first-order chi connectivity index (χ1) is 22.0. The van der Waals surface area contributed by atoms with Gasteiger partial charge in [0, 0.05) is 24.7 Å². The van der Waals surface area contributed by atoms with E-state index in [1.807, 2.05) is 30.3 Å². The van der Waals surface area contributed by atoms with Crippen molar-refractivity contribution in [3.8, 4) is 0 Å². The van der Waals surface area contributed by atoms with E-state index < -0.39 is 36.0 Å². The molecule has 3 aromatic rings. The molecule has 0 radical (unpaired) electrons. The Balaban J connectivity index is 1.69. The number of rotatable bonds is 17. The second-order valence-corrected chi connectivity index (χ2v) is 11.7. The zero-order valence-corrected chi connectivity index (χ0v) is 26.5. The van der Waals surface area contributed by atoms with Crippen LogP contribution in [0.1, 0.15) is 47.6 Å². The minimum absolute atomic E-state index is 0.0760. The van der Waals surface area contributed by atoms with Gasteiger partial charge in [0.1, 0.15) is 17.9 Å². The van der Waals surface area contributed by atoms with Crippen molar-refractivity contribution in [1.82, 2.24) is 31.8 Å². The number of urea groups is 1. The summed E-state index contributed by atoms with van der Waals surface area (Å²) in [6.45, 7) is 3.93. The molecule has 46 heavy (non-hydrogen) atoms. The highest BCUT2D eigenvalue weighted by molar-refractivity contribution is 7.11. The van der Waals surface area contributed by atoms with Crippen molar-refractivity contribution < 1.29 is 23.6 Å². The van der Waals surface area contributed by atoms with Crippen LogP contribution in [-0.4, -0.2) is 59.2 Å². The predicted molar refractivity (Wildman–Crippen MR) is 174 cm³/mol. The van der Waals surface area contributed by atoms with E-state index in [0.717, 1.165) is 16.9 Å². The summed E-state index contributed by atoms with van der Waals surface area (Å²) in [6.07, 6.45) is 2.35. The number of carbonyl (C=O) groups is 4. The third kappa shape index (κ3) is 11.9. The highest BCUT2D eigenvalue weighted by Crippen LogP contribution is 2.13. The molecule has 15 heteroatoms. The number of aromatic nitrogens is 1. The Hall–Kier alpha value is -4.89. The molecule has 9 N–H and O–H groups in total. The molecule has 0 aliphatic carbocycles. The number of carbonyl (C=O) groups excluding carboxylic acids is 4. The van der Waals surface area contributed by atoms with E-state index in [2.05, 4.69) is 36.8 Å². The number of hydrogen-bond acceptors (Lipinski definition) is 8. The molecule has 0 unspecified atom stereocenters. The third-order valence-corrected chi connectivity index (χ3v) is 7.58. The number of hydrazine groups is 1. The lowest BCUT2D eigenvalue weighted by Crippen LogP contribution is -2.59. The molecule has 1 aromatic heterocycles. The van der Waals surface area contributed by atoms with Crippen molar-refractivity contribution in [2.75, 3.05) is 6.54 Å². The van der Waals surface area contributed by atoms with E-state index in [1.165, 1.54) is 18.3 Å². The van der Waals surface area contributed by atoms with Crippen LogP contribution >= 0.6 is 11.3 Å². The molecule has 0 aliphatic heterocycles. The quantitative estimate of drug-likeness (QED) is 0.0375. The molecule has 0 fully saturated rings. The molecule has 3 atom stereocenters. The third-order valence-electron chi connectivity index (χ3n) is 6.79. The summed E-state index contributed by atoms with van der Waals surface area (Å²) in [6, 6.07) is 11.3. The molecule has 3 rings (SSSR count). The van der Waals surface area contributed by atoms with E-state index >= 15 is 0 Å². The van der Waals surface area contributed by atoms with Crippen LogP contribution in [0.15, 0.2) is 71.2 Å². The van der Waals surface area contributed by atoms with Crippen LogP contribution in [0.25, 0.3) is 0 Å². The number of Topliss-reactive ketones (excluding diaryl/α,β-unsaturated/α-hetero) is 1. The van der Waals surface area contributed by atoms with Gasteiger partial charge in [0.15, 0.2) is 11.0 Å².